The third kappa shape index (κ3) is 4.68. The van der Waals surface area contributed by atoms with Gasteiger partial charge in [0.05, 0.1) is 0 Å². The largest absolute Gasteiger partial charge is 0.356 e. The number of guanidine groups is 1. The van der Waals surface area contributed by atoms with Gasteiger partial charge in [-0.3, -0.25) is 9.79 Å². The summed E-state index contributed by atoms with van der Waals surface area (Å²) in [7, 11) is 5.23. The maximum atomic E-state index is 13.2. The average molecular weight is 382 g/mol. The van der Waals surface area contributed by atoms with E-state index >= 15 is 0 Å². The van der Waals surface area contributed by atoms with Gasteiger partial charge in [-0.2, -0.15) is 0 Å². The predicted molar refractivity (Wildman–Crippen MR) is 110 cm³/mol. The number of carbonyl (C=O) groups is 1. The predicted octanol–water partition coefficient (Wildman–Crippen LogP) is 2.92. The fraction of sp³-hybridized carbons (Fsp3) is 0.364. The minimum absolute atomic E-state index is 0.00694. The van der Waals surface area contributed by atoms with Crippen LogP contribution in [0.5, 0.6) is 0 Å². The highest BCUT2D eigenvalue weighted by Crippen LogP contribution is 2.47. The van der Waals surface area contributed by atoms with E-state index in [2.05, 4.69) is 15.6 Å². The van der Waals surface area contributed by atoms with E-state index < -0.39 is 0 Å². The maximum Gasteiger partial charge on any atom is 0.253 e. The lowest BCUT2D eigenvalue weighted by Crippen LogP contribution is -2.40. The van der Waals surface area contributed by atoms with Crippen molar-refractivity contribution < 1.29 is 9.18 Å². The van der Waals surface area contributed by atoms with Gasteiger partial charge in [0.2, 0.25) is 0 Å². The van der Waals surface area contributed by atoms with Crippen LogP contribution in [-0.2, 0) is 12.0 Å². The Labute approximate surface area is 165 Å². The van der Waals surface area contributed by atoms with Crippen LogP contribution in [0.1, 0.15) is 34.3 Å². The first-order chi connectivity index (χ1) is 13.4. The van der Waals surface area contributed by atoms with E-state index in [0.29, 0.717) is 12.1 Å². The van der Waals surface area contributed by atoms with Gasteiger partial charge >= 0.3 is 0 Å². The standard InChI is InChI=1S/C22H27FN4O/c1-24-21(25-14-16-4-6-17(7-5-16)20(28)27(2)3)26-15-22(12-13-22)18-8-10-19(23)11-9-18/h4-11H,12-15H2,1-3H3,(H2,24,25,26). The first-order valence-corrected chi connectivity index (χ1v) is 9.45. The molecule has 0 saturated heterocycles. The van der Waals surface area contributed by atoms with Crippen molar-refractivity contribution in [1.82, 2.24) is 15.5 Å². The van der Waals surface area contributed by atoms with Crippen LogP contribution in [0.2, 0.25) is 0 Å². The van der Waals surface area contributed by atoms with Gasteiger partial charge in [0, 0.05) is 45.2 Å². The highest BCUT2D eigenvalue weighted by molar-refractivity contribution is 5.93. The van der Waals surface area contributed by atoms with Crippen LogP contribution in [0.3, 0.4) is 0 Å². The maximum absolute atomic E-state index is 13.2. The molecule has 0 spiro atoms. The molecule has 148 valence electrons. The summed E-state index contributed by atoms with van der Waals surface area (Å²) in [5, 5.41) is 6.69. The lowest BCUT2D eigenvalue weighted by Gasteiger charge is -2.19. The number of aliphatic imine (C=N–C) groups is 1. The molecule has 1 amide bonds. The van der Waals surface area contributed by atoms with Gasteiger partial charge in [-0.05, 0) is 48.2 Å². The zero-order valence-electron chi connectivity index (χ0n) is 16.6. The average Bonchev–Trinajstić information content (AvgIpc) is 3.49. The van der Waals surface area contributed by atoms with Crippen molar-refractivity contribution in [2.45, 2.75) is 24.8 Å². The molecule has 1 aliphatic rings. The Balaban J connectivity index is 1.53. The summed E-state index contributed by atoms with van der Waals surface area (Å²) < 4.78 is 13.2. The van der Waals surface area contributed by atoms with Gasteiger partial charge in [-0.25, -0.2) is 4.39 Å². The minimum atomic E-state index is -0.205. The number of benzene rings is 2. The van der Waals surface area contributed by atoms with E-state index in [1.165, 1.54) is 12.1 Å². The zero-order chi connectivity index (χ0) is 20.1. The summed E-state index contributed by atoms with van der Waals surface area (Å²) in [4.78, 5) is 17.8. The highest BCUT2D eigenvalue weighted by Gasteiger charge is 2.44. The summed E-state index contributed by atoms with van der Waals surface area (Å²) in [5.41, 5.74) is 2.97. The fourth-order valence-electron chi connectivity index (χ4n) is 3.20. The first kappa shape index (κ1) is 19.9. The van der Waals surface area contributed by atoms with E-state index in [1.807, 2.05) is 36.4 Å². The Morgan fingerprint density at radius 3 is 2.25 bits per heavy atom. The van der Waals surface area contributed by atoms with Crippen LogP contribution in [0.15, 0.2) is 53.5 Å². The number of nitrogens with zero attached hydrogens (tertiary/aromatic N) is 2. The molecule has 1 saturated carbocycles. The second-order valence-corrected chi connectivity index (χ2v) is 7.46. The first-order valence-electron chi connectivity index (χ1n) is 9.45. The van der Waals surface area contributed by atoms with Gasteiger partial charge in [0.15, 0.2) is 5.96 Å². The number of nitrogens with one attached hydrogen (secondary N) is 2. The smallest absolute Gasteiger partial charge is 0.253 e. The Bertz CT molecular complexity index is 840. The van der Waals surface area contributed by atoms with Crippen molar-refractivity contribution in [3.05, 3.63) is 71.0 Å². The normalized spacial score (nSPS) is 15.1. The molecule has 2 aromatic rings. The summed E-state index contributed by atoms with van der Waals surface area (Å²) >= 11 is 0. The molecule has 2 aromatic carbocycles. The molecule has 0 bridgehead atoms. The zero-order valence-corrected chi connectivity index (χ0v) is 16.6. The van der Waals surface area contributed by atoms with E-state index in [0.717, 1.165) is 36.5 Å². The molecule has 5 nitrogen and oxygen atoms in total. The quantitative estimate of drug-likeness (QED) is 0.597. The molecule has 6 heteroatoms. The van der Waals surface area contributed by atoms with Crippen LogP contribution in [0.4, 0.5) is 4.39 Å². The Morgan fingerprint density at radius 2 is 1.71 bits per heavy atom. The molecule has 0 unspecified atom stereocenters. The van der Waals surface area contributed by atoms with Crippen LogP contribution in [0.25, 0.3) is 0 Å². The molecular formula is C22H27FN4O. The molecule has 3 rings (SSSR count). The molecule has 1 fully saturated rings. The third-order valence-corrected chi connectivity index (χ3v) is 5.20. The Hall–Kier alpha value is -2.89. The number of hydrogen-bond donors (Lipinski definition) is 2. The van der Waals surface area contributed by atoms with Gasteiger partial charge in [-0.1, -0.05) is 24.3 Å². The number of carbonyl (C=O) groups excluding carboxylic acids is 1. The number of halogens is 1. The van der Waals surface area contributed by atoms with Crippen molar-refractivity contribution in [3.63, 3.8) is 0 Å². The number of amides is 1. The van der Waals surface area contributed by atoms with Gasteiger partial charge in [-0.15, -0.1) is 0 Å². The second kappa shape index (κ2) is 8.42. The molecule has 0 heterocycles. The molecule has 28 heavy (non-hydrogen) atoms. The Kier molecular flexibility index (Phi) is 5.97. The number of rotatable bonds is 6. The van der Waals surface area contributed by atoms with E-state index in [9.17, 15) is 9.18 Å². The third-order valence-electron chi connectivity index (χ3n) is 5.20. The number of hydrogen-bond acceptors (Lipinski definition) is 2. The lowest BCUT2D eigenvalue weighted by molar-refractivity contribution is 0.0827. The summed E-state index contributed by atoms with van der Waals surface area (Å²) in [6.45, 7) is 1.37. The molecule has 0 atom stereocenters. The minimum Gasteiger partial charge on any atom is -0.356 e. The molecule has 0 radical (unpaired) electrons. The summed E-state index contributed by atoms with van der Waals surface area (Å²) in [6, 6.07) is 14.3. The van der Waals surface area contributed by atoms with Crippen LogP contribution < -0.4 is 10.6 Å². The topological polar surface area (TPSA) is 56.7 Å². The van der Waals surface area contributed by atoms with Gasteiger partial charge in [0.1, 0.15) is 5.82 Å². The molecule has 0 aromatic heterocycles. The van der Waals surface area contributed by atoms with Crippen LogP contribution >= 0.6 is 0 Å². The van der Waals surface area contributed by atoms with Crippen molar-refractivity contribution in [2.24, 2.45) is 4.99 Å². The van der Waals surface area contributed by atoms with Gasteiger partial charge < -0.3 is 15.5 Å². The molecular weight excluding hydrogens is 355 g/mol. The summed E-state index contributed by atoms with van der Waals surface area (Å²) in [5.74, 6) is 0.512. The van der Waals surface area contributed by atoms with Gasteiger partial charge in [0.25, 0.3) is 5.91 Å². The Morgan fingerprint density at radius 1 is 1.07 bits per heavy atom. The summed E-state index contributed by atoms with van der Waals surface area (Å²) in [6.07, 6.45) is 2.17. The van der Waals surface area contributed by atoms with Crippen molar-refractivity contribution in [3.8, 4) is 0 Å². The molecule has 1 aliphatic carbocycles. The fourth-order valence-corrected chi connectivity index (χ4v) is 3.20. The van der Waals surface area contributed by atoms with Crippen molar-refractivity contribution in [1.29, 1.82) is 0 Å². The van der Waals surface area contributed by atoms with Crippen LogP contribution in [-0.4, -0.2) is 44.5 Å². The molecule has 0 aliphatic heterocycles. The van der Waals surface area contributed by atoms with Crippen molar-refractivity contribution >= 4 is 11.9 Å². The molecule has 2 N–H and O–H groups in total. The van der Waals surface area contributed by atoms with E-state index in [1.54, 1.807) is 26.0 Å². The lowest BCUT2D eigenvalue weighted by atomic mass is 9.96. The van der Waals surface area contributed by atoms with Crippen molar-refractivity contribution in [2.75, 3.05) is 27.7 Å². The van der Waals surface area contributed by atoms with Crippen LogP contribution in [0, 0.1) is 5.82 Å². The second-order valence-electron chi connectivity index (χ2n) is 7.46. The monoisotopic (exact) mass is 382 g/mol. The van der Waals surface area contributed by atoms with E-state index in [-0.39, 0.29) is 17.1 Å². The SMILES string of the molecule is CN=C(NCc1ccc(C(=O)N(C)C)cc1)NCC1(c2ccc(F)cc2)CC1. The van der Waals surface area contributed by atoms with E-state index in [4.69, 9.17) is 0 Å². The highest BCUT2D eigenvalue weighted by atomic mass is 19.1.